The topological polar surface area (TPSA) is 3.24 Å². The highest BCUT2D eigenvalue weighted by Crippen LogP contribution is 2.29. The lowest BCUT2D eigenvalue weighted by atomic mass is 10.1. The molecule has 0 aliphatic rings. The van der Waals surface area contributed by atoms with Gasteiger partial charge in [-0.2, -0.15) is 0 Å². The zero-order valence-corrected chi connectivity index (χ0v) is 11.2. The Morgan fingerprint density at radius 1 is 1.20 bits per heavy atom. The Hall–Kier alpha value is -0.863. The highest BCUT2D eigenvalue weighted by atomic mass is 28.3. The molecule has 0 spiro atoms. The third kappa shape index (κ3) is 2.58. The van der Waals surface area contributed by atoms with Gasteiger partial charge in [-0.1, -0.05) is 49.5 Å². The molecular weight excluding hydrogens is 198 g/mol. The van der Waals surface area contributed by atoms with E-state index in [4.69, 9.17) is 0 Å². The van der Waals surface area contributed by atoms with Crippen LogP contribution in [0.5, 0.6) is 0 Å². The number of allylic oxidation sites excluding steroid dienone is 1. The normalized spacial score (nSPS) is 13.9. The van der Waals surface area contributed by atoms with Crippen molar-refractivity contribution in [1.29, 1.82) is 0 Å². The zero-order valence-electron chi connectivity index (χ0n) is 10.2. The summed E-state index contributed by atoms with van der Waals surface area (Å²) in [4.78, 5) is 0. The summed E-state index contributed by atoms with van der Waals surface area (Å²) in [7, 11) is 2.91. The second kappa shape index (κ2) is 4.77. The SMILES string of the molecule is C=CC(c1ccccc1)[Si](C)(C)N(C)C. The van der Waals surface area contributed by atoms with Crippen LogP contribution in [-0.4, -0.2) is 26.9 Å². The summed E-state index contributed by atoms with van der Waals surface area (Å²) in [6.07, 6.45) is 2.10. The third-order valence-corrected chi connectivity index (χ3v) is 7.70. The maximum atomic E-state index is 3.99. The summed E-state index contributed by atoms with van der Waals surface area (Å²) in [5.74, 6) is 0. The van der Waals surface area contributed by atoms with E-state index < -0.39 is 8.24 Å². The molecule has 0 aliphatic heterocycles. The van der Waals surface area contributed by atoms with Crippen LogP contribution in [0.25, 0.3) is 0 Å². The van der Waals surface area contributed by atoms with E-state index >= 15 is 0 Å². The standard InChI is InChI=1S/C13H21NSi/c1-6-13(15(4,5)14(2)3)12-10-8-7-9-11-12/h6-11,13H,1H2,2-5H3. The highest BCUT2D eigenvalue weighted by molar-refractivity contribution is 6.76. The van der Waals surface area contributed by atoms with Crippen molar-refractivity contribution in [2.75, 3.05) is 14.1 Å². The first-order chi connectivity index (χ1) is 7.00. The quantitative estimate of drug-likeness (QED) is 0.555. The lowest BCUT2D eigenvalue weighted by Gasteiger charge is -2.36. The van der Waals surface area contributed by atoms with Crippen LogP contribution in [0, 0.1) is 0 Å². The number of benzene rings is 1. The van der Waals surface area contributed by atoms with Gasteiger partial charge in [-0.25, -0.2) is 0 Å². The molecule has 15 heavy (non-hydrogen) atoms. The van der Waals surface area contributed by atoms with Crippen LogP contribution in [0.15, 0.2) is 43.0 Å². The van der Waals surface area contributed by atoms with E-state index in [0.29, 0.717) is 5.54 Å². The molecule has 0 saturated carbocycles. The number of nitrogens with zero attached hydrogens (tertiary/aromatic N) is 1. The van der Waals surface area contributed by atoms with Crippen molar-refractivity contribution in [2.45, 2.75) is 18.6 Å². The lowest BCUT2D eigenvalue weighted by molar-refractivity contribution is 0.608. The fraction of sp³-hybridized carbons (Fsp3) is 0.385. The van der Waals surface area contributed by atoms with E-state index in [1.807, 2.05) is 0 Å². The Morgan fingerprint density at radius 2 is 1.73 bits per heavy atom. The van der Waals surface area contributed by atoms with Crippen molar-refractivity contribution in [1.82, 2.24) is 4.57 Å². The van der Waals surface area contributed by atoms with Gasteiger partial charge in [0.15, 0.2) is 0 Å². The first-order valence-corrected chi connectivity index (χ1v) is 8.37. The molecule has 0 heterocycles. The lowest BCUT2D eigenvalue weighted by Crippen LogP contribution is -2.48. The Labute approximate surface area is 94.5 Å². The number of rotatable bonds is 4. The van der Waals surface area contributed by atoms with Crippen LogP contribution in [0.3, 0.4) is 0 Å². The Balaban J connectivity index is 3.05. The summed E-state index contributed by atoms with van der Waals surface area (Å²) in [6.45, 7) is 8.76. The molecule has 1 aromatic carbocycles. The van der Waals surface area contributed by atoms with Crippen LogP contribution in [0.1, 0.15) is 11.1 Å². The minimum Gasteiger partial charge on any atom is -0.329 e. The van der Waals surface area contributed by atoms with Crippen molar-refractivity contribution in [3.63, 3.8) is 0 Å². The largest absolute Gasteiger partial charge is 0.329 e. The van der Waals surface area contributed by atoms with Crippen molar-refractivity contribution < 1.29 is 0 Å². The molecule has 82 valence electrons. The van der Waals surface area contributed by atoms with E-state index in [-0.39, 0.29) is 0 Å². The van der Waals surface area contributed by atoms with Gasteiger partial charge in [-0.15, -0.1) is 6.58 Å². The maximum absolute atomic E-state index is 3.99. The molecule has 1 rings (SSSR count). The summed E-state index contributed by atoms with van der Waals surface area (Å²) >= 11 is 0. The van der Waals surface area contributed by atoms with Crippen molar-refractivity contribution in [2.24, 2.45) is 0 Å². The molecule has 1 aromatic rings. The fourth-order valence-electron chi connectivity index (χ4n) is 1.77. The van der Waals surface area contributed by atoms with Crippen molar-refractivity contribution >= 4 is 8.24 Å². The molecule has 1 atom stereocenters. The van der Waals surface area contributed by atoms with Gasteiger partial charge in [0.05, 0.1) is 0 Å². The van der Waals surface area contributed by atoms with Crippen LogP contribution >= 0.6 is 0 Å². The van der Waals surface area contributed by atoms with Gasteiger partial charge in [-0.05, 0) is 19.7 Å². The predicted octanol–water partition coefficient (Wildman–Crippen LogP) is 3.26. The molecule has 0 fully saturated rings. The molecule has 0 N–H and O–H groups in total. The molecule has 1 unspecified atom stereocenters. The molecule has 1 nitrogen and oxygen atoms in total. The number of hydrogen-bond donors (Lipinski definition) is 0. The highest BCUT2D eigenvalue weighted by Gasteiger charge is 2.33. The smallest absolute Gasteiger partial charge is 0.133 e. The average Bonchev–Trinajstić information content (AvgIpc) is 2.19. The van der Waals surface area contributed by atoms with Crippen LogP contribution in [0.4, 0.5) is 0 Å². The predicted molar refractivity (Wildman–Crippen MR) is 70.5 cm³/mol. The Bertz CT molecular complexity index is 317. The second-order valence-electron chi connectivity index (χ2n) is 4.67. The summed E-state index contributed by atoms with van der Waals surface area (Å²) in [5.41, 5.74) is 1.88. The monoisotopic (exact) mass is 219 g/mol. The maximum Gasteiger partial charge on any atom is 0.133 e. The van der Waals surface area contributed by atoms with Gasteiger partial charge in [0.2, 0.25) is 0 Å². The van der Waals surface area contributed by atoms with Gasteiger partial charge < -0.3 is 4.57 Å². The summed E-state index contributed by atoms with van der Waals surface area (Å²) < 4.78 is 2.38. The van der Waals surface area contributed by atoms with Crippen LogP contribution < -0.4 is 0 Å². The first-order valence-electron chi connectivity index (χ1n) is 5.35. The van der Waals surface area contributed by atoms with Crippen molar-refractivity contribution in [3.05, 3.63) is 48.6 Å². The molecule has 0 saturated heterocycles. The molecule has 2 heteroatoms. The van der Waals surface area contributed by atoms with Gasteiger partial charge in [-0.3, -0.25) is 0 Å². The van der Waals surface area contributed by atoms with Gasteiger partial charge in [0, 0.05) is 5.54 Å². The molecule has 0 aliphatic carbocycles. The van der Waals surface area contributed by atoms with Crippen molar-refractivity contribution in [3.8, 4) is 0 Å². The average molecular weight is 219 g/mol. The van der Waals surface area contributed by atoms with Crippen LogP contribution in [0.2, 0.25) is 13.1 Å². The Morgan fingerprint density at radius 3 is 2.13 bits per heavy atom. The zero-order chi connectivity index (χ0) is 11.5. The van der Waals surface area contributed by atoms with E-state index in [1.165, 1.54) is 5.56 Å². The Kier molecular flexibility index (Phi) is 3.88. The van der Waals surface area contributed by atoms with E-state index in [9.17, 15) is 0 Å². The molecule has 0 amide bonds. The minimum absolute atomic E-state index is 0.494. The van der Waals surface area contributed by atoms with Crippen LogP contribution in [-0.2, 0) is 0 Å². The molecule has 0 radical (unpaired) electrons. The number of hydrogen-bond acceptors (Lipinski definition) is 1. The molecule has 0 bridgehead atoms. The first kappa shape index (κ1) is 12.2. The van der Waals surface area contributed by atoms with Gasteiger partial charge in [0.25, 0.3) is 0 Å². The molecule has 0 aromatic heterocycles. The van der Waals surface area contributed by atoms with E-state index in [1.54, 1.807) is 0 Å². The minimum atomic E-state index is -1.44. The fourth-order valence-corrected chi connectivity index (χ4v) is 3.91. The molecular formula is C13H21NSi. The second-order valence-corrected chi connectivity index (χ2v) is 9.50. The third-order valence-electron chi connectivity index (χ3n) is 3.31. The van der Waals surface area contributed by atoms with Gasteiger partial charge >= 0.3 is 0 Å². The van der Waals surface area contributed by atoms with E-state index in [2.05, 4.69) is 74.7 Å². The van der Waals surface area contributed by atoms with Gasteiger partial charge in [0.1, 0.15) is 8.24 Å². The van der Waals surface area contributed by atoms with E-state index in [0.717, 1.165) is 0 Å². The summed E-state index contributed by atoms with van der Waals surface area (Å²) in [5, 5.41) is 0. The summed E-state index contributed by atoms with van der Waals surface area (Å²) in [6, 6.07) is 10.7.